The Labute approximate surface area is 239 Å². The molecule has 0 saturated heterocycles. The highest BCUT2D eigenvalue weighted by Crippen LogP contribution is 2.49. The molecular formula is C31H45ClO4S2. The van der Waals surface area contributed by atoms with Crippen LogP contribution in [0.25, 0.3) is 0 Å². The van der Waals surface area contributed by atoms with Gasteiger partial charge in [0, 0.05) is 9.77 Å². The predicted molar refractivity (Wildman–Crippen MR) is 158 cm³/mol. The normalized spacial score (nSPS) is 20.6. The SMILES string of the molecule is CC(C)(C)C1=CC(=C/C=C/C=C/C2=CC(C(C)(C)C)=S(O[Cl+3]([O-])([O-])[O-])C(C(C)(C)C)=C2)C=C(C(C)(C)C)S1. The van der Waals surface area contributed by atoms with Gasteiger partial charge in [0.1, 0.15) is 14.5 Å². The van der Waals surface area contributed by atoms with Gasteiger partial charge in [-0.15, -0.1) is 0 Å². The van der Waals surface area contributed by atoms with Crippen molar-refractivity contribution < 1.29 is 28.0 Å². The summed E-state index contributed by atoms with van der Waals surface area (Å²) in [6.07, 6.45) is 18.6. The van der Waals surface area contributed by atoms with Gasteiger partial charge in [0.25, 0.3) is 0 Å². The number of hydrogen-bond donors (Lipinski definition) is 0. The van der Waals surface area contributed by atoms with Gasteiger partial charge in [-0.25, -0.2) is 0 Å². The van der Waals surface area contributed by atoms with Crippen molar-refractivity contribution in [2.75, 3.05) is 0 Å². The van der Waals surface area contributed by atoms with Crippen LogP contribution in [-0.2, 0) is 3.74 Å². The largest absolute Gasteiger partial charge is 0.182 e. The quantitative estimate of drug-likeness (QED) is 0.263. The molecule has 0 fully saturated rings. The zero-order valence-corrected chi connectivity index (χ0v) is 27.4. The Balaban J connectivity index is 2.43. The van der Waals surface area contributed by atoms with E-state index >= 15 is 0 Å². The van der Waals surface area contributed by atoms with Crippen LogP contribution >= 0.6 is 22.5 Å². The summed E-state index contributed by atoms with van der Waals surface area (Å²) in [7, 11) is -5.83. The Morgan fingerprint density at radius 1 is 0.684 bits per heavy atom. The Morgan fingerprint density at radius 3 is 1.63 bits per heavy atom. The topological polar surface area (TPSA) is 78.4 Å². The van der Waals surface area contributed by atoms with Crippen LogP contribution in [-0.4, -0.2) is 4.86 Å². The lowest BCUT2D eigenvalue weighted by Crippen LogP contribution is -2.60. The highest BCUT2D eigenvalue weighted by Gasteiger charge is 2.38. The number of allylic oxidation sites excluding steroid dienone is 14. The molecule has 38 heavy (non-hydrogen) atoms. The fourth-order valence-corrected chi connectivity index (χ4v) is 7.79. The number of thioether (sulfide) groups is 1. The Bertz CT molecular complexity index is 1130. The second-order valence-corrected chi connectivity index (χ2v) is 17.5. The van der Waals surface area contributed by atoms with Crippen molar-refractivity contribution in [3.05, 3.63) is 80.5 Å². The smallest absolute Gasteiger partial charge is 0.141 e. The van der Waals surface area contributed by atoms with E-state index in [-0.39, 0.29) is 21.7 Å². The van der Waals surface area contributed by atoms with Gasteiger partial charge >= 0.3 is 0 Å². The summed E-state index contributed by atoms with van der Waals surface area (Å²) in [5, 5.41) is 0. The van der Waals surface area contributed by atoms with Crippen LogP contribution in [0.5, 0.6) is 0 Å². The maximum Gasteiger partial charge on any atom is 0.141 e. The Morgan fingerprint density at radius 2 is 1.21 bits per heavy atom. The molecule has 2 aliphatic heterocycles. The third-order valence-electron chi connectivity index (χ3n) is 5.71. The molecule has 0 spiro atoms. The predicted octanol–water partition coefficient (Wildman–Crippen LogP) is 6.82. The van der Waals surface area contributed by atoms with E-state index in [0.717, 1.165) is 15.3 Å². The fraction of sp³-hybridized carbons (Fsp3) is 0.516. The molecule has 0 radical (unpaired) electrons. The van der Waals surface area contributed by atoms with E-state index in [0.29, 0.717) is 0 Å². The average Bonchev–Trinajstić information content (AvgIpc) is 2.70. The van der Waals surface area contributed by atoms with E-state index < -0.39 is 21.0 Å². The third-order valence-corrected chi connectivity index (χ3v) is 11.0. The summed E-state index contributed by atoms with van der Waals surface area (Å²) in [5.74, 6) is 0. The lowest BCUT2D eigenvalue weighted by Gasteiger charge is -2.31. The zero-order valence-electron chi connectivity index (χ0n) is 25.0. The van der Waals surface area contributed by atoms with Gasteiger partial charge in [0.05, 0.1) is 10.2 Å². The van der Waals surface area contributed by atoms with Crippen LogP contribution in [0.3, 0.4) is 0 Å². The van der Waals surface area contributed by atoms with Gasteiger partial charge < -0.3 is 0 Å². The van der Waals surface area contributed by atoms with E-state index in [1.165, 1.54) is 15.4 Å². The van der Waals surface area contributed by atoms with Gasteiger partial charge in [0.2, 0.25) is 0 Å². The van der Waals surface area contributed by atoms with Crippen LogP contribution in [0.4, 0.5) is 0 Å². The summed E-state index contributed by atoms with van der Waals surface area (Å²) >= 11 is 1.88. The molecule has 212 valence electrons. The molecule has 1 unspecified atom stereocenters. The number of halogens is 1. The molecule has 4 nitrogen and oxygen atoms in total. The molecule has 0 saturated carbocycles. The van der Waals surface area contributed by atoms with Crippen molar-refractivity contribution in [1.29, 1.82) is 0 Å². The summed E-state index contributed by atoms with van der Waals surface area (Å²) in [4.78, 5) is 4.27. The molecule has 0 aromatic carbocycles. The first kappa shape index (κ1) is 33.1. The van der Waals surface area contributed by atoms with Crippen LogP contribution in [0.1, 0.15) is 83.1 Å². The molecule has 0 aliphatic carbocycles. The molecule has 7 heteroatoms. The van der Waals surface area contributed by atoms with Crippen molar-refractivity contribution in [3.8, 4) is 0 Å². The van der Waals surface area contributed by atoms with E-state index in [4.69, 9.17) is 3.74 Å². The first-order valence-corrected chi connectivity index (χ1v) is 16.0. The molecule has 2 aliphatic rings. The van der Waals surface area contributed by atoms with Gasteiger partial charge in [0.15, 0.2) is 0 Å². The van der Waals surface area contributed by atoms with E-state index in [2.05, 4.69) is 59.8 Å². The first-order chi connectivity index (χ1) is 17.0. The maximum absolute atomic E-state index is 11.6. The fourth-order valence-electron chi connectivity index (χ4n) is 3.56. The summed E-state index contributed by atoms with van der Waals surface area (Å²) < 4.78 is 39.7. The Kier molecular flexibility index (Phi) is 10.3. The molecular weight excluding hydrogens is 536 g/mol. The molecule has 0 aromatic rings. The second kappa shape index (κ2) is 11.8. The van der Waals surface area contributed by atoms with E-state index in [9.17, 15) is 14.0 Å². The van der Waals surface area contributed by atoms with E-state index in [1.807, 2.05) is 89.8 Å². The third kappa shape index (κ3) is 9.81. The minimum Gasteiger partial charge on any atom is -0.182 e. The summed E-state index contributed by atoms with van der Waals surface area (Å²) in [5.41, 5.74) is 1.50. The standard InChI is InChI=1S/C31H45ClO4S2/c1-28(2,3)24-18-22(19-25(37-24)29(4,5)6)16-14-13-15-17-23-20-26(30(7,8)9)38(36-32(33,34)35)27(21-23)31(10,11)12/h13-21H,1-12H3/b14-13+,17-15+. The molecule has 0 amide bonds. The van der Waals surface area contributed by atoms with Crippen molar-refractivity contribution in [2.24, 2.45) is 21.7 Å². The van der Waals surface area contributed by atoms with Gasteiger partial charge in [-0.3, -0.25) is 0 Å². The molecule has 0 bridgehead atoms. The number of hydrogen-bond acceptors (Lipinski definition) is 5. The van der Waals surface area contributed by atoms with Gasteiger partial charge in [-0.05, 0) is 66.9 Å². The van der Waals surface area contributed by atoms with Crippen LogP contribution in [0.15, 0.2) is 80.5 Å². The minimum atomic E-state index is -4.56. The number of rotatable bonds is 5. The Hall–Kier alpha value is -1.12. The lowest BCUT2D eigenvalue weighted by molar-refractivity contribution is -1.91. The molecule has 2 rings (SSSR count). The minimum absolute atomic E-state index is 0.0805. The second-order valence-electron chi connectivity index (χ2n) is 13.8. The van der Waals surface area contributed by atoms with Crippen molar-refractivity contribution in [3.63, 3.8) is 0 Å². The van der Waals surface area contributed by atoms with Gasteiger partial charge in [-0.1, -0.05) is 125 Å². The maximum atomic E-state index is 11.6. The molecule has 2 heterocycles. The van der Waals surface area contributed by atoms with Crippen LogP contribution in [0, 0.1) is 31.9 Å². The van der Waals surface area contributed by atoms with Crippen LogP contribution < -0.4 is 14.0 Å². The lowest BCUT2D eigenvalue weighted by atomic mass is 9.89. The molecule has 0 N–H and O–H groups in total. The zero-order chi connectivity index (χ0) is 29.3. The van der Waals surface area contributed by atoms with Crippen molar-refractivity contribution in [2.45, 2.75) is 83.1 Å². The van der Waals surface area contributed by atoms with Crippen LogP contribution in [0.2, 0.25) is 0 Å². The van der Waals surface area contributed by atoms with Gasteiger partial charge in [-0.2, -0.15) is 14.0 Å². The molecule has 1 atom stereocenters. The highest BCUT2D eigenvalue weighted by molar-refractivity contribution is 8.15. The molecule has 0 aromatic heterocycles. The first-order valence-electron chi connectivity index (χ1n) is 12.8. The van der Waals surface area contributed by atoms with Crippen molar-refractivity contribution >= 4 is 27.4 Å². The van der Waals surface area contributed by atoms with E-state index in [1.54, 1.807) is 0 Å². The monoisotopic (exact) mass is 580 g/mol. The summed E-state index contributed by atoms with van der Waals surface area (Å²) in [6.45, 7) is 25.5. The highest BCUT2D eigenvalue weighted by atomic mass is 35.7. The van der Waals surface area contributed by atoms with Crippen molar-refractivity contribution in [1.82, 2.24) is 0 Å². The summed E-state index contributed by atoms with van der Waals surface area (Å²) in [6, 6.07) is 0. The average molecular weight is 581 g/mol.